The number of methoxy groups -OCH3 is 1. The standard InChI is InChI=1S/C34H34N4O6/c1-41-11-12-42-24-6-4-5-21(13-24)16-36-17-23(18-36)37-19-31(39)38-28(34(37)40)15-26-25-7-2-3-8-27(25)35-32(26)33(38)22-9-10-29-30(14-22)44-20-43-29/h2-10,13-14,23,28,33,35H,11-12,15-20H2,1H3/t28-,33-/m1/s1. The summed E-state index contributed by atoms with van der Waals surface area (Å²) in [5, 5.41) is 1.09. The Labute approximate surface area is 255 Å². The highest BCUT2D eigenvalue weighted by atomic mass is 16.7. The Bertz CT molecular complexity index is 1750. The molecule has 0 aliphatic carbocycles. The van der Waals surface area contributed by atoms with Gasteiger partial charge >= 0.3 is 0 Å². The summed E-state index contributed by atoms with van der Waals surface area (Å²) in [4.78, 5) is 37.8. The first-order valence-electron chi connectivity index (χ1n) is 15.1. The van der Waals surface area contributed by atoms with Gasteiger partial charge in [-0.2, -0.15) is 0 Å². The van der Waals surface area contributed by atoms with E-state index in [0.29, 0.717) is 31.1 Å². The van der Waals surface area contributed by atoms with Gasteiger partial charge in [-0.15, -0.1) is 0 Å². The second-order valence-electron chi connectivity index (χ2n) is 11.9. The maximum Gasteiger partial charge on any atom is 0.246 e. The molecule has 5 heterocycles. The molecule has 2 fully saturated rings. The number of piperazine rings is 1. The highest BCUT2D eigenvalue weighted by Gasteiger charge is 2.51. The molecule has 4 aliphatic rings. The predicted octanol–water partition coefficient (Wildman–Crippen LogP) is 3.49. The van der Waals surface area contributed by atoms with Crippen LogP contribution in [0.4, 0.5) is 0 Å². The minimum Gasteiger partial charge on any atom is -0.491 e. The maximum atomic E-state index is 14.2. The lowest BCUT2D eigenvalue weighted by Gasteiger charge is -2.52. The minimum absolute atomic E-state index is 0.00287. The van der Waals surface area contributed by atoms with Gasteiger partial charge in [0.25, 0.3) is 0 Å². The normalized spacial score (nSPS) is 21.4. The summed E-state index contributed by atoms with van der Waals surface area (Å²) in [6, 6.07) is 21.0. The number of ether oxygens (including phenoxy) is 4. The molecule has 0 bridgehead atoms. The Kier molecular flexibility index (Phi) is 6.68. The summed E-state index contributed by atoms with van der Waals surface area (Å²) in [6.45, 7) is 3.50. The SMILES string of the molecule is COCCOc1cccc(CN2CC(N3CC(=O)N4[C@H](c5ccc6c(c5)OCO6)c5[nH]c6ccccc6c5C[C@@H]4C3=O)C2)c1. The molecule has 2 saturated heterocycles. The van der Waals surface area contributed by atoms with Crippen LogP contribution in [0.15, 0.2) is 66.7 Å². The number of nitrogens with one attached hydrogen (secondary N) is 1. The first-order valence-corrected chi connectivity index (χ1v) is 15.1. The molecule has 44 heavy (non-hydrogen) atoms. The summed E-state index contributed by atoms with van der Waals surface area (Å²) in [5.41, 5.74) is 5.10. The molecular weight excluding hydrogens is 560 g/mol. The summed E-state index contributed by atoms with van der Waals surface area (Å²) < 4.78 is 22.1. The Morgan fingerprint density at radius 1 is 0.955 bits per heavy atom. The van der Waals surface area contributed by atoms with Crippen LogP contribution in [0, 0.1) is 0 Å². The van der Waals surface area contributed by atoms with Gasteiger partial charge in [0.2, 0.25) is 18.6 Å². The van der Waals surface area contributed by atoms with Crippen molar-refractivity contribution in [3.63, 3.8) is 0 Å². The zero-order valence-corrected chi connectivity index (χ0v) is 24.5. The summed E-state index contributed by atoms with van der Waals surface area (Å²) in [6.07, 6.45) is 0.480. The average Bonchev–Trinajstić information content (AvgIpc) is 3.64. The molecule has 0 unspecified atom stereocenters. The van der Waals surface area contributed by atoms with Crippen LogP contribution in [-0.4, -0.2) is 90.3 Å². The zero-order chi connectivity index (χ0) is 29.8. The van der Waals surface area contributed by atoms with Gasteiger partial charge in [-0.05, 0) is 47.0 Å². The molecule has 4 aromatic rings. The lowest BCUT2D eigenvalue weighted by atomic mass is 9.85. The number of para-hydroxylation sites is 1. The number of carbonyl (C=O) groups excluding carboxylic acids is 2. The third kappa shape index (κ3) is 4.56. The maximum absolute atomic E-state index is 14.2. The number of aromatic nitrogens is 1. The van der Waals surface area contributed by atoms with Gasteiger partial charge < -0.3 is 33.7 Å². The van der Waals surface area contributed by atoms with E-state index >= 15 is 0 Å². The first kappa shape index (κ1) is 27.0. The highest BCUT2D eigenvalue weighted by Crippen LogP contribution is 2.45. The van der Waals surface area contributed by atoms with E-state index < -0.39 is 12.1 Å². The van der Waals surface area contributed by atoms with Crippen LogP contribution in [0.3, 0.4) is 0 Å². The number of aromatic amines is 1. The van der Waals surface area contributed by atoms with E-state index in [1.807, 2.05) is 59.5 Å². The molecule has 0 radical (unpaired) electrons. The molecule has 0 spiro atoms. The number of H-pyrrole nitrogens is 1. The molecule has 3 aromatic carbocycles. The topological polar surface area (TPSA) is 96.6 Å². The number of hydrogen-bond donors (Lipinski definition) is 1. The second kappa shape index (κ2) is 10.9. The van der Waals surface area contributed by atoms with E-state index in [2.05, 4.69) is 22.0 Å². The van der Waals surface area contributed by atoms with Crippen molar-refractivity contribution >= 4 is 22.7 Å². The third-order valence-corrected chi connectivity index (χ3v) is 9.25. The van der Waals surface area contributed by atoms with Crippen LogP contribution in [0.2, 0.25) is 0 Å². The van der Waals surface area contributed by atoms with Gasteiger partial charge in [0, 0.05) is 49.8 Å². The summed E-state index contributed by atoms with van der Waals surface area (Å²) in [7, 11) is 1.66. The average molecular weight is 595 g/mol. The summed E-state index contributed by atoms with van der Waals surface area (Å²) >= 11 is 0. The van der Waals surface area contributed by atoms with Crippen molar-refractivity contribution in [1.29, 1.82) is 0 Å². The van der Waals surface area contributed by atoms with Crippen molar-refractivity contribution < 1.29 is 28.5 Å². The second-order valence-corrected chi connectivity index (χ2v) is 11.9. The van der Waals surface area contributed by atoms with Gasteiger partial charge in [-0.25, -0.2) is 0 Å². The van der Waals surface area contributed by atoms with Crippen LogP contribution >= 0.6 is 0 Å². The van der Waals surface area contributed by atoms with E-state index in [-0.39, 0.29) is 31.2 Å². The Balaban J connectivity index is 1.04. The Morgan fingerprint density at radius 3 is 2.70 bits per heavy atom. The Hall–Kier alpha value is -4.54. The van der Waals surface area contributed by atoms with E-state index in [1.54, 1.807) is 12.0 Å². The van der Waals surface area contributed by atoms with Crippen LogP contribution in [0.5, 0.6) is 17.2 Å². The Morgan fingerprint density at radius 2 is 1.82 bits per heavy atom. The molecule has 1 aromatic heterocycles. The fourth-order valence-corrected chi connectivity index (χ4v) is 7.13. The van der Waals surface area contributed by atoms with Crippen LogP contribution in [-0.2, 0) is 27.3 Å². The fraction of sp³-hybridized carbons (Fsp3) is 0.353. The third-order valence-electron chi connectivity index (χ3n) is 9.25. The lowest BCUT2D eigenvalue weighted by Crippen LogP contribution is -2.69. The number of hydrogen-bond acceptors (Lipinski definition) is 7. The number of nitrogens with zero attached hydrogens (tertiary/aromatic N) is 3. The number of likely N-dealkylation sites (tertiary alicyclic amines) is 1. The van der Waals surface area contributed by atoms with Crippen molar-refractivity contribution in [2.45, 2.75) is 31.1 Å². The lowest BCUT2D eigenvalue weighted by molar-refractivity contribution is -0.164. The quantitative estimate of drug-likeness (QED) is 0.312. The molecule has 1 N–H and O–H groups in total. The largest absolute Gasteiger partial charge is 0.491 e. The molecular formula is C34H34N4O6. The summed E-state index contributed by atoms with van der Waals surface area (Å²) in [5.74, 6) is 2.14. The highest BCUT2D eigenvalue weighted by molar-refractivity contribution is 5.98. The van der Waals surface area contributed by atoms with E-state index in [0.717, 1.165) is 58.7 Å². The van der Waals surface area contributed by atoms with Gasteiger partial charge in [0.05, 0.1) is 18.7 Å². The van der Waals surface area contributed by atoms with Crippen molar-refractivity contribution in [1.82, 2.24) is 19.7 Å². The number of rotatable bonds is 8. The van der Waals surface area contributed by atoms with E-state index in [4.69, 9.17) is 18.9 Å². The smallest absolute Gasteiger partial charge is 0.246 e. The zero-order valence-electron chi connectivity index (χ0n) is 24.5. The van der Waals surface area contributed by atoms with E-state index in [1.165, 1.54) is 0 Å². The molecule has 226 valence electrons. The molecule has 8 rings (SSSR count). The van der Waals surface area contributed by atoms with Crippen molar-refractivity contribution in [3.05, 3.63) is 89.1 Å². The van der Waals surface area contributed by atoms with Crippen molar-refractivity contribution in [2.75, 3.05) is 46.8 Å². The van der Waals surface area contributed by atoms with Gasteiger partial charge in [0.15, 0.2) is 11.5 Å². The molecule has 10 nitrogen and oxygen atoms in total. The van der Waals surface area contributed by atoms with Crippen molar-refractivity contribution in [3.8, 4) is 17.2 Å². The van der Waals surface area contributed by atoms with Crippen LogP contribution < -0.4 is 14.2 Å². The van der Waals surface area contributed by atoms with Gasteiger partial charge in [-0.3, -0.25) is 14.5 Å². The number of fused-ring (bicyclic) bond motifs is 5. The van der Waals surface area contributed by atoms with E-state index in [9.17, 15) is 9.59 Å². The fourth-order valence-electron chi connectivity index (χ4n) is 7.13. The number of benzene rings is 3. The number of amides is 2. The van der Waals surface area contributed by atoms with Crippen molar-refractivity contribution in [2.24, 2.45) is 0 Å². The monoisotopic (exact) mass is 594 g/mol. The predicted molar refractivity (Wildman–Crippen MR) is 162 cm³/mol. The molecule has 2 amide bonds. The molecule has 0 saturated carbocycles. The van der Waals surface area contributed by atoms with Crippen LogP contribution in [0.25, 0.3) is 10.9 Å². The number of carbonyl (C=O) groups is 2. The van der Waals surface area contributed by atoms with Gasteiger partial charge in [-0.1, -0.05) is 36.4 Å². The molecule has 10 heteroatoms. The molecule has 2 atom stereocenters. The molecule has 4 aliphatic heterocycles. The van der Waals surface area contributed by atoms with Gasteiger partial charge in [0.1, 0.15) is 24.9 Å². The first-order chi connectivity index (χ1) is 21.6. The van der Waals surface area contributed by atoms with Crippen LogP contribution in [0.1, 0.15) is 28.4 Å². The minimum atomic E-state index is -0.576.